The standard InChI is InChI=1S/C8H10ClN3O3S3/c1-18(14,15)5-4-16-3-2-12(5)7(13)6-10-11-8(9)17-6/h5H,2-4H2,1H3. The summed E-state index contributed by atoms with van der Waals surface area (Å²) in [5.41, 5.74) is 0. The first-order valence-electron chi connectivity index (χ1n) is 4.96. The molecule has 6 nitrogen and oxygen atoms in total. The quantitative estimate of drug-likeness (QED) is 0.797. The zero-order valence-electron chi connectivity index (χ0n) is 9.37. The molecular weight excluding hydrogens is 318 g/mol. The summed E-state index contributed by atoms with van der Waals surface area (Å²) in [7, 11) is -3.31. The average molecular weight is 328 g/mol. The number of hydrogen-bond donors (Lipinski definition) is 0. The first-order valence-corrected chi connectivity index (χ1v) is 9.26. The van der Waals surface area contributed by atoms with Crippen LogP contribution in [-0.2, 0) is 9.84 Å². The van der Waals surface area contributed by atoms with Gasteiger partial charge in [0, 0.05) is 24.3 Å². The number of carbonyl (C=O) groups excluding carboxylic acids is 1. The Kier molecular flexibility index (Phi) is 4.15. The second-order valence-electron chi connectivity index (χ2n) is 3.72. The van der Waals surface area contributed by atoms with Crippen LogP contribution in [0.25, 0.3) is 0 Å². The summed E-state index contributed by atoms with van der Waals surface area (Å²) in [6.07, 6.45) is 1.14. The molecule has 1 aliphatic heterocycles. The lowest BCUT2D eigenvalue weighted by Crippen LogP contribution is -2.49. The first-order chi connectivity index (χ1) is 8.39. The van der Waals surface area contributed by atoms with Crippen molar-refractivity contribution in [2.45, 2.75) is 5.37 Å². The monoisotopic (exact) mass is 327 g/mol. The molecule has 0 radical (unpaired) electrons. The molecule has 2 rings (SSSR count). The Morgan fingerprint density at radius 2 is 2.22 bits per heavy atom. The second kappa shape index (κ2) is 5.32. The largest absolute Gasteiger partial charge is 0.318 e. The summed E-state index contributed by atoms with van der Waals surface area (Å²) in [6, 6.07) is 0. The topological polar surface area (TPSA) is 80.2 Å². The smallest absolute Gasteiger partial charge is 0.286 e. The van der Waals surface area contributed by atoms with Gasteiger partial charge in [0.1, 0.15) is 5.37 Å². The van der Waals surface area contributed by atoms with Crippen molar-refractivity contribution in [1.29, 1.82) is 0 Å². The van der Waals surface area contributed by atoms with Crippen LogP contribution in [0.15, 0.2) is 0 Å². The maximum atomic E-state index is 12.2. The zero-order valence-corrected chi connectivity index (χ0v) is 12.6. The molecule has 1 amide bonds. The van der Waals surface area contributed by atoms with Gasteiger partial charge in [-0.2, -0.15) is 11.8 Å². The maximum Gasteiger partial charge on any atom is 0.286 e. The molecule has 0 aliphatic carbocycles. The number of amides is 1. The van der Waals surface area contributed by atoms with Gasteiger partial charge >= 0.3 is 0 Å². The highest BCUT2D eigenvalue weighted by Crippen LogP contribution is 2.24. The number of carbonyl (C=O) groups is 1. The normalized spacial score (nSPS) is 21.0. The molecule has 0 N–H and O–H groups in total. The Morgan fingerprint density at radius 3 is 2.78 bits per heavy atom. The molecule has 1 aromatic rings. The van der Waals surface area contributed by atoms with Crippen molar-refractivity contribution in [2.24, 2.45) is 0 Å². The third-order valence-electron chi connectivity index (χ3n) is 2.42. The predicted octanol–water partition coefficient (Wildman–Crippen LogP) is 0.751. The van der Waals surface area contributed by atoms with E-state index in [-0.39, 0.29) is 9.47 Å². The van der Waals surface area contributed by atoms with Crippen LogP contribution in [0.4, 0.5) is 0 Å². The molecule has 1 unspecified atom stereocenters. The van der Waals surface area contributed by atoms with Crippen LogP contribution >= 0.6 is 34.7 Å². The molecule has 1 aromatic heterocycles. The van der Waals surface area contributed by atoms with Crippen molar-refractivity contribution in [3.63, 3.8) is 0 Å². The molecular formula is C8H10ClN3O3S3. The first kappa shape index (κ1) is 14.0. The SMILES string of the molecule is CS(=O)(=O)C1CSCCN1C(=O)c1nnc(Cl)s1. The minimum absolute atomic E-state index is 0.126. The summed E-state index contributed by atoms with van der Waals surface area (Å²) in [6.45, 7) is 0.387. The van der Waals surface area contributed by atoms with Crippen molar-refractivity contribution in [3.05, 3.63) is 9.47 Å². The average Bonchev–Trinajstić information content (AvgIpc) is 2.74. The molecule has 0 saturated carbocycles. The van der Waals surface area contributed by atoms with Crippen molar-refractivity contribution >= 4 is 50.4 Å². The fourth-order valence-electron chi connectivity index (χ4n) is 1.58. The molecule has 1 fully saturated rings. The number of thioether (sulfide) groups is 1. The van der Waals surface area contributed by atoms with Crippen LogP contribution in [0.5, 0.6) is 0 Å². The third kappa shape index (κ3) is 2.95. The summed E-state index contributed by atoms with van der Waals surface area (Å²) in [5.74, 6) is 0.677. The Morgan fingerprint density at radius 1 is 1.50 bits per heavy atom. The van der Waals surface area contributed by atoms with Gasteiger partial charge in [0.2, 0.25) is 9.47 Å². The van der Waals surface area contributed by atoms with E-state index in [0.29, 0.717) is 18.1 Å². The minimum atomic E-state index is -3.31. The summed E-state index contributed by atoms with van der Waals surface area (Å²) >= 11 is 8.09. The summed E-state index contributed by atoms with van der Waals surface area (Å²) in [5, 5.41) is 6.53. The molecule has 0 spiro atoms. The van der Waals surface area contributed by atoms with Crippen molar-refractivity contribution in [1.82, 2.24) is 15.1 Å². The highest BCUT2D eigenvalue weighted by atomic mass is 35.5. The van der Waals surface area contributed by atoms with Crippen molar-refractivity contribution in [3.8, 4) is 0 Å². The molecule has 1 aliphatic rings. The summed E-state index contributed by atoms with van der Waals surface area (Å²) in [4.78, 5) is 13.5. The molecule has 100 valence electrons. The van der Waals surface area contributed by atoms with Gasteiger partial charge in [-0.15, -0.1) is 10.2 Å². The van der Waals surface area contributed by atoms with E-state index in [0.717, 1.165) is 17.6 Å². The van der Waals surface area contributed by atoms with Crippen LogP contribution in [0.1, 0.15) is 9.80 Å². The number of nitrogens with zero attached hydrogens (tertiary/aromatic N) is 3. The molecule has 0 bridgehead atoms. The summed E-state index contributed by atoms with van der Waals surface area (Å²) < 4.78 is 23.5. The highest BCUT2D eigenvalue weighted by molar-refractivity contribution is 8.00. The molecule has 10 heteroatoms. The van der Waals surface area contributed by atoms with Gasteiger partial charge in [-0.25, -0.2) is 8.42 Å². The van der Waals surface area contributed by atoms with Gasteiger partial charge in [0.25, 0.3) is 5.91 Å². The van der Waals surface area contributed by atoms with E-state index in [1.165, 1.54) is 16.7 Å². The van der Waals surface area contributed by atoms with Gasteiger partial charge in [-0.05, 0) is 11.6 Å². The van der Waals surface area contributed by atoms with E-state index in [1.807, 2.05) is 0 Å². The highest BCUT2D eigenvalue weighted by Gasteiger charge is 2.35. The van der Waals surface area contributed by atoms with E-state index >= 15 is 0 Å². The van der Waals surface area contributed by atoms with Crippen LogP contribution in [0.3, 0.4) is 0 Å². The third-order valence-corrected chi connectivity index (χ3v) is 6.07. The van der Waals surface area contributed by atoms with Gasteiger partial charge in [0.05, 0.1) is 0 Å². The Balaban J connectivity index is 2.27. The van der Waals surface area contributed by atoms with E-state index in [9.17, 15) is 13.2 Å². The maximum absolute atomic E-state index is 12.2. The zero-order chi connectivity index (χ0) is 13.3. The van der Waals surface area contributed by atoms with E-state index in [1.54, 1.807) is 0 Å². The van der Waals surface area contributed by atoms with Crippen LogP contribution < -0.4 is 0 Å². The van der Waals surface area contributed by atoms with Crippen LogP contribution in [0.2, 0.25) is 4.47 Å². The van der Waals surface area contributed by atoms with Gasteiger partial charge < -0.3 is 4.90 Å². The Bertz CT molecular complexity index is 559. The van der Waals surface area contributed by atoms with Crippen molar-refractivity contribution < 1.29 is 13.2 Å². The van der Waals surface area contributed by atoms with Gasteiger partial charge in [0.15, 0.2) is 9.84 Å². The molecule has 1 atom stereocenters. The molecule has 1 saturated heterocycles. The fraction of sp³-hybridized carbons (Fsp3) is 0.625. The van der Waals surface area contributed by atoms with Gasteiger partial charge in [-0.1, -0.05) is 11.3 Å². The second-order valence-corrected chi connectivity index (χ2v) is 8.63. The van der Waals surface area contributed by atoms with E-state index in [2.05, 4.69) is 10.2 Å². The Labute approximate surface area is 118 Å². The number of rotatable bonds is 2. The number of halogens is 1. The van der Waals surface area contributed by atoms with Crippen LogP contribution in [0, 0.1) is 0 Å². The predicted molar refractivity (Wildman–Crippen MR) is 71.9 cm³/mol. The molecule has 2 heterocycles. The van der Waals surface area contributed by atoms with Gasteiger partial charge in [-0.3, -0.25) is 4.79 Å². The fourth-order valence-corrected chi connectivity index (χ4v) is 5.18. The lowest BCUT2D eigenvalue weighted by Gasteiger charge is -2.33. The van der Waals surface area contributed by atoms with E-state index < -0.39 is 21.1 Å². The lowest BCUT2D eigenvalue weighted by atomic mass is 10.4. The van der Waals surface area contributed by atoms with E-state index in [4.69, 9.17) is 11.6 Å². The Hall–Kier alpha value is -0.380. The molecule has 18 heavy (non-hydrogen) atoms. The van der Waals surface area contributed by atoms with Crippen molar-refractivity contribution in [2.75, 3.05) is 24.3 Å². The molecule has 0 aromatic carbocycles. The van der Waals surface area contributed by atoms with Crippen LogP contribution in [-0.4, -0.2) is 59.1 Å². The minimum Gasteiger partial charge on any atom is -0.318 e. The number of hydrogen-bond acceptors (Lipinski definition) is 7. The number of sulfone groups is 1. The lowest BCUT2D eigenvalue weighted by molar-refractivity contribution is 0.0748. The number of aromatic nitrogens is 2.